The number of fused-ring (bicyclic) bond motifs is 1. The van der Waals surface area contributed by atoms with Gasteiger partial charge in [0.15, 0.2) is 0 Å². The maximum absolute atomic E-state index is 13.9. The van der Waals surface area contributed by atoms with E-state index in [1.54, 1.807) is 23.5 Å². The number of rotatable bonds is 7. The first-order chi connectivity index (χ1) is 13.3. The van der Waals surface area contributed by atoms with Crippen LogP contribution in [0.5, 0.6) is 5.75 Å². The van der Waals surface area contributed by atoms with Gasteiger partial charge >= 0.3 is 0 Å². The van der Waals surface area contributed by atoms with Crippen molar-refractivity contribution in [2.75, 3.05) is 0 Å². The van der Waals surface area contributed by atoms with E-state index >= 15 is 0 Å². The van der Waals surface area contributed by atoms with Gasteiger partial charge in [-0.3, -0.25) is 0 Å². The van der Waals surface area contributed by atoms with Crippen LogP contribution in [0, 0.1) is 5.82 Å². The van der Waals surface area contributed by atoms with Crippen molar-refractivity contribution in [3.8, 4) is 5.75 Å². The SMILES string of the molecule is Cl.Fc1ccccc1COc1ccc2ccccc2c1CNCc1cccs1. The second-order valence-electron chi connectivity index (χ2n) is 6.33. The second kappa shape index (κ2) is 9.69. The van der Waals surface area contributed by atoms with Crippen LogP contribution in [0.4, 0.5) is 4.39 Å². The molecule has 2 nitrogen and oxygen atoms in total. The molecule has 0 fully saturated rings. The van der Waals surface area contributed by atoms with E-state index < -0.39 is 0 Å². The smallest absolute Gasteiger partial charge is 0.129 e. The van der Waals surface area contributed by atoms with E-state index in [0.717, 1.165) is 23.2 Å². The summed E-state index contributed by atoms with van der Waals surface area (Å²) in [6.45, 7) is 1.71. The third-order valence-electron chi connectivity index (χ3n) is 4.52. The molecule has 0 atom stereocenters. The summed E-state index contributed by atoms with van der Waals surface area (Å²) in [5.41, 5.74) is 1.66. The lowest BCUT2D eigenvalue weighted by molar-refractivity contribution is 0.296. The minimum Gasteiger partial charge on any atom is -0.488 e. The molecule has 0 radical (unpaired) electrons. The van der Waals surface area contributed by atoms with E-state index in [9.17, 15) is 4.39 Å². The number of halogens is 2. The Bertz CT molecular complexity index is 1040. The number of thiophene rings is 1. The quantitative estimate of drug-likeness (QED) is 0.382. The molecule has 0 spiro atoms. The average Bonchev–Trinajstić information content (AvgIpc) is 3.21. The molecule has 4 aromatic rings. The first-order valence-electron chi connectivity index (χ1n) is 8.91. The van der Waals surface area contributed by atoms with E-state index in [1.807, 2.05) is 24.3 Å². The van der Waals surface area contributed by atoms with Crippen LogP contribution < -0.4 is 10.1 Å². The third-order valence-corrected chi connectivity index (χ3v) is 5.40. The summed E-state index contributed by atoms with van der Waals surface area (Å²) >= 11 is 1.74. The molecule has 1 heterocycles. The van der Waals surface area contributed by atoms with E-state index in [-0.39, 0.29) is 24.8 Å². The summed E-state index contributed by atoms with van der Waals surface area (Å²) in [5, 5.41) is 7.91. The van der Waals surface area contributed by atoms with Crippen molar-refractivity contribution >= 4 is 34.5 Å². The van der Waals surface area contributed by atoms with E-state index in [4.69, 9.17) is 4.74 Å². The van der Waals surface area contributed by atoms with Gasteiger partial charge in [0.2, 0.25) is 0 Å². The van der Waals surface area contributed by atoms with Crippen molar-refractivity contribution in [2.45, 2.75) is 19.7 Å². The van der Waals surface area contributed by atoms with Gasteiger partial charge in [0.25, 0.3) is 0 Å². The van der Waals surface area contributed by atoms with Gasteiger partial charge in [0.1, 0.15) is 18.2 Å². The fourth-order valence-corrected chi connectivity index (χ4v) is 3.80. The molecule has 0 unspecified atom stereocenters. The van der Waals surface area contributed by atoms with Gasteiger partial charge < -0.3 is 10.1 Å². The summed E-state index contributed by atoms with van der Waals surface area (Å²) in [5.74, 6) is 0.547. The molecule has 4 rings (SSSR count). The Hall–Kier alpha value is -2.40. The molecule has 0 aliphatic carbocycles. The standard InChI is InChI=1S/C23H20FNOS.ClH/c24-22-10-4-2-7-18(22)16-26-23-12-11-17-6-1-3-9-20(17)21(23)15-25-14-19-8-5-13-27-19;/h1-13,25H,14-16H2;1H. The lowest BCUT2D eigenvalue weighted by Gasteiger charge is -2.15. The minimum absolute atomic E-state index is 0. The van der Waals surface area contributed by atoms with Crippen molar-refractivity contribution in [1.82, 2.24) is 5.32 Å². The Morgan fingerprint density at radius 3 is 2.50 bits per heavy atom. The molecule has 1 aromatic heterocycles. The summed E-state index contributed by atoms with van der Waals surface area (Å²) in [7, 11) is 0. The zero-order valence-electron chi connectivity index (χ0n) is 15.2. The largest absolute Gasteiger partial charge is 0.488 e. The lowest BCUT2D eigenvalue weighted by Crippen LogP contribution is -2.13. The zero-order chi connectivity index (χ0) is 18.5. The molecule has 1 N–H and O–H groups in total. The molecule has 0 aliphatic rings. The number of benzene rings is 3. The molecule has 28 heavy (non-hydrogen) atoms. The number of nitrogens with one attached hydrogen (secondary N) is 1. The highest BCUT2D eigenvalue weighted by atomic mass is 35.5. The van der Waals surface area contributed by atoms with E-state index in [1.165, 1.54) is 16.3 Å². The Morgan fingerprint density at radius 2 is 1.68 bits per heavy atom. The van der Waals surface area contributed by atoms with Gasteiger partial charge in [-0.05, 0) is 34.4 Å². The highest BCUT2D eigenvalue weighted by Gasteiger charge is 2.10. The molecule has 0 saturated heterocycles. The summed E-state index contributed by atoms with van der Waals surface area (Å²) < 4.78 is 19.9. The average molecular weight is 414 g/mol. The van der Waals surface area contributed by atoms with Crippen LogP contribution >= 0.6 is 23.7 Å². The maximum Gasteiger partial charge on any atom is 0.129 e. The summed E-state index contributed by atoms with van der Waals surface area (Å²) in [4.78, 5) is 1.30. The van der Waals surface area contributed by atoms with E-state index in [0.29, 0.717) is 12.1 Å². The van der Waals surface area contributed by atoms with Crippen LogP contribution in [0.15, 0.2) is 78.2 Å². The van der Waals surface area contributed by atoms with Gasteiger partial charge in [0.05, 0.1) is 0 Å². The first-order valence-corrected chi connectivity index (χ1v) is 9.79. The van der Waals surface area contributed by atoms with Crippen LogP contribution in [0.25, 0.3) is 10.8 Å². The van der Waals surface area contributed by atoms with Gasteiger partial charge in [-0.15, -0.1) is 23.7 Å². The zero-order valence-corrected chi connectivity index (χ0v) is 16.9. The monoisotopic (exact) mass is 413 g/mol. The van der Waals surface area contributed by atoms with Crippen molar-refractivity contribution in [2.24, 2.45) is 0 Å². The fourth-order valence-electron chi connectivity index (χ4n) is 3.13. The van der Waals surface area contributed by atoms with E-state index in [2.05, 4.69) is 41.0 Å². The third kappa shape index (κ3) is 4.71. The van der Waals surface area contributed by atoms with Crippen molar-refractivity contribution < 1.29 is 9.13 Å². The molecule has 0 bridgehead atoms. The van der Waals surface area contributed by atoms with Crippen LogP contribution in [0.1, 0.15) is 16.0 Å². The number of hydrogen-bond acceptors (Lipinski definition) is 3. The second-order valence-corrected chi connectivity index (χ2v) is 7.36. The first kappa shape index (κ1) is 20.3. The minimum atomic E-state index is -0.240. The molecule has 3 aromatic carbocycles. The number of hydrogen-bond donors (Lipinski definition) is 1. The predicted octanol–water partition coefficient (Wildman–Crippen LogP) is 6.33. The van der Waals surface area contributed by atoms with Crippen LogP contribution in [0.2, 0.25) is 0 Å². The van der Waals surface area contributed by atoms with Crippen LogP contribution in [-0.2, 0) is 19.7 Å². The summed E-state index contributed by atoms with van der Waals surface area (Å²) in [6, 6.07) is 23.2. The highest BCUT2D eigenvalue weighted by Crippen LogP contribution is 2.29. The van der Waals surface area contributed by atoms with Crippen LogP contribution in [-0.4, -0.2) is 0 Å². The Labute approximate surface area is 174 Å². The van der Waals surface area contributed by atoms with Gasteiger partial charge in [-0.2, -0.15) is 0 Å². The maximum atomic E-state index is 13.9. The molecule has 0 amide bonds. The summed E-state index contributed by atoms with van der Waals surface area (Å²) in [6.07, 6.45) is 0. The van der Waals surface area contributed by atoms with Gasteiger partial charge in [-0.1, -0.05) is 54.6 Å². The van der Waals surface area contributed by atoms with Crippen molar-refractivity contribution in [3.63, 3.8) is 0 Å². The fraction of sp³-hybridized carbons (Fsp3) is 0.130. The molecule has 144 valence electrons. The Morgan fingerprint density at radius 1 is 0.857 bits per heavy atom. The van der Waals surface area contributed by atoms with Gasteiger partial charge in [-0.25, -0.2) is 4.39 Å². The molecule has 0 aliphatic heterocycles. The van der Waals surface area contributed by atoms with Crippen molar-refractivity contribution in [3.05, 3.63) is 100.0 Å². The molecular formula is C23H21ClFNOS. The predicted molar refractivity (Wildman–Crippen MR) is 117 cm³/mol. The number of ether oxygens (including phenoxy) is 1. The van der Waals surface area contributed by atoms with Crippen LogP contribution in [0.3, 0.4) is 0 Å². The molecular weight excluding hydrogens is 393 g/mol. The topological polar surface area (TPSA) is 21.3 Å². The Balaban J connectivity index is 0.00000225. The molecule has 0 saturated carbocycles. The van der Waals surface area contributed by atoms with Gasteiger partial charge in [0, 0.05) is 29.1 Å². The normalized spacial score (nSPS) is 10.6. The Kier molecular flexibility index (Phi) is 7.04. The lowest BCUT2D eigenvalue weighted by atomic mass is 10.0. The molecule has 5 heteroatoms. The van der Waals surface area contributed by atoms with Crippen molar-refractivity contribution in [1.29, 1.82) is 0 Å². The highest BCUT2D eigenvalue weighted by molar-refractivity contribution is 7.09.